The number of alkyl carbamates (subject to hydrolysis) is 1. The van der Waals surface area contributed by atoms with Crippen LogP contribution in [-0.2, 0) is 9.53 Å². The zero-order valence-electron chi connectivity index (χ0n) is 23.2. The molecule has 2 aliphatic rings. The Hall–Kier alpha value is -3.39. The van der Waals surface area contributed by atoms with Crippen molar-refractivity contribution in [3.8, 4) is 11.1 Å². The molecule has 0 aliphatic carbocycles. The SMILES string of the molecule is CC(C)(C)OC(=O)NC(C(=O)N1CC[C@H]2NC[C@H](c3cn4cccc(-c5ccccc5)c4n3)[C@H]21)C(C)(C)C. The van der Waals surface area contributed by atoms with Crippen molar-refractivity contribution in [2.45, 2.75) is 77.6 Å². The number of likely N-dealkylation sites (tertiary alicyclic amines) is 1. The van der Waals surface area contributed by atoms with Crippen LogP contribution in [0.2, 0.25) is 0 Å². The van der Waals surface area contributed by atoms with Crippen molar-refractivity contribution >= 4 is 17.6 Å². The van der Waals surface area contributed by atoms with Gasteiger partial charge in [0.2, 0.25) is 5.91 Å². The van der Waals surface area contributed by atoms with E-state index in [0.29, 0.717) is 6.54 Å². The Bertz CT molecular complexity index is 1320. The van der Waals surface area contributed by atoms with Crippen LogP contribution in [0.15, 0.2) is 54.9 Å². The van der Waals surface area contributed by atoms with Crippen LogP contribution >= 0.6 is 0 Å². The van der Waals surface area contributed by atoms with E-state index in [2.05, 4.69) is 39.4 Å². The second-order valence-electron chi connectivity index (χ2n) is 12.6. The second-order valence-corrected chi connectivity index (χ2v) is 12.6. The first-order valence-electron chi connectivity index (χ1n) is 13.5. The van der Waals surface area contributed by atoms with Gasteiger partial charge in [-0.2, -0.15) is 0 Å². The van der Waals surface area contributed by atoms with Crippen LogP contribution in [0.5, 0.6) is 0 Å². The Balaban J connectivity index is 1.43. The van der Waals surface area contributed by atoms with Crippen LogP contribution in [0.1, 0.15) is 59.6 Å². The number of amides is 2. The molecular weight excluding hydrogens is 478 g/mol. The monoisotopic (exact) mass is 517 g/mol. The molecule has 2 amide bonds. The Morgan fingerprint density at radius 2 is 1.82 bits per heavy atom. The number of imidazole rings is 1. The second kappa shape index (κ2) is 9.73. The van der Waals surface area contributed by atoms with Crippen molar-refractivity contribution in [3.05, 3.63) is 60.6 Å². The molecule has 8 nitrogen and oxygen atoms in total. The number of aromatic nitrogens is 2. The summed E-state index contributed by atoms with van der Waals surface area (Å²) in [7, 11) is 0. The fraction of sp³-hybridized carbons (Fsp3) is 0.500. The molecule has 0 radical (unpaired) electrons. The van der Waals surface area contributed by atoms with Crippen molar-refractivity contribution < 1.29 is 14.3 Å². The Labute approximate surface area is 224 Å². The summed E-state index contributed by atoms with van der Waals surface area (Å²) in [5.74, 6) is -0.0181. The lowest BCUT2D eigenvalue weighted by molar-refractivity contribution is -0.137. The van der Waals surface area contributed by atoms with Crippen molar-refractivity contribution in [2.75, 3.05) is 13.1 Å². The average molecular weight is 518 g/mol. The molecule has 202 valence electrons. The topological polar surface area (TPSA) is 88.0 Å². The van der Waals surface area contributed by atoms with Gasteiger partial charge >= 0.3 is 6.09 Å². The first-order valence-corrected chi connectivity index (χ1v) is 13.5. The number of nitrogens with one attached hydrogen (secondary N) is 2. The Kier molecular flexibility index (Phi) is 6.71. The Morgan fingerprint density at radius 1 is 1.08 bits per heavy atom. The molecule has 2 aliphatic heterocycles. The van der Waals surface area contributed by atoms with Crippen LogP contribution in [0.4, 0.5) is 4.79 Å². The minimum absolute atomic E-state index is 0.0297. The third-order valence-electron chi connectivity index (χ3n) is 7.49. The molecule has 5 rings (SSSR count). The van der Waals surface area contributed by atoms with Crippen LogP contribution in [0, 0.1) is 5.41 Å². The van der Waals surface area contributed by atoms with Gasteiger partial charge in [0, 0.05) is 43.0 Å². The standard InChI is InChI=1S/C30H39N5O3/c1-29(2,3)25(33-28(37)38-30(4,5)6)27(36)35-16-14-22-24(35)21(17-31-22)23-18-34-15-10-13-20(26(34)32-23)19-11-8-7-9-12-19/h7-13,15,18,21-22,24-25,31H,14,16-17H2,1-6H3,(H,33,37)/t21-,22-,24-,25?/m1/s1. The maximum atomic E-state index is 14.0. The maximum absolute atomic E-state index is 14.0. The molecule has 38 heavy (non-hydrogen) atoms. The molecule has 2 aromatic heterocycles. The molecule has 8 heteroatoms. The summed E-state index contributed by atoms with van der Waals surface area (Å²) < 4.78 is 7.57. The van der Waals surface area contributed by atoms with E-state index in [1.807, 2.05) is 76.9 Å². The molecule has 2 saturated heterocycles. The van der Waals surface area contributed by atoms with Crippen LogP contribution in [-0.4, -0.2) is 63.1 Å². The van der Waals surface area contributed by atoms with Gasteiger partial charge in [-0.25, -0.2) is 9.78 Å². The molecule has 0 spiro atoms. The number of rotatable bonds is 4. The number of nitrogens with zero attached hydrogens (tertiary/aromatic N) is 3. The van der Waals surface area contributed by atoms with E-state index < -0.39 is 23.2 Å². The summed E-state index contributed by atoms with van der Waals surface area (Å²) in [6, 6.07) is 13.9. The fourth-order valence-corrected chi connectivity index (χ4v) is 5.76. The van der Waals surface area contributed by atoms with Gasteiger partial charge in [-0.15, -0.1) is 0 Å². The quantitative estimate of drug-likeness (QED) is 0.528. The molecule has 4 heterocycles. The maximum Gasteiger partial charge on any atom is 0.408 e. The highest BCUT2D eigenvalue weighted by molar-refractivity contribution is 5.87. The summed E-state index contributed by atoms with van der Waals surface area (Å²) >= 11 is 0. The first-order chi connectivity index (χ1) is 17.9. The highest BCUT2D eigenvalue weighted by Gasteiger charge is 2.50. The van der Waals surface area contributed by atoms with Crippen LogP contribution < -0.4 is 10.6 Å². The molecule has 3 aromatic rings. The third kappa shape index (κ3) is 5.14. The van der Waals surface area contributed by atoms with Gasteiger partial charge in [0.15, 0.2) is 0 Å². The van der Waals surface area contributed by atoms with E-state index in [-0.39, 0.29) is 23.9 Å². The first kappa shape index (κ1) is 26.2. The summed E-state index contributed by atoms with van der Waals surface area (Å²) in [4.78, 5) is 33.8. The van der Waals surface area contributed by atoms with Crippen LogP contribution in [0.3, 0.4) is 0 Å². The average Bonchev–Trinajstić information content (AvgIpc) is 3.55. The molecule has 2 fully saturated rings. The molecule has 0 saturated carbocycles. The van der Waals surface area contributed by atoms with Crippen molar-refractivity contribution in [1.29, 1.82) is 0 Å². The number of hydrogen-bond acceptors (Lipinski definition) is 5. The highest BCUT2D eigenvalue weighted by Crippen LogP contribution is 2.38. The fourth-order valence-electron chi connectivity index (χ4n) is 5.76. The van der Waals surface area contributed by atoms with E-state index in [1.165, 1.54) is 0 Å². The van der Waals surface area contributed by atoms with E-state index >= 15 is 0 Å². The molecule has 4 atom stereocenters. The number of benzene rings is 1. The van der Waals surface area contributed by atoms with Crippen molar-refractivity contribution in [2.24, 2.45) is 5.41 Å². The molecular formula is C30H39N5O3. The van der Waals surface area contributed by atoms with Gasteiger partial charge in [-0.1, -0.05) is 51.1 Å². The number of pyridine rings is 1. The van der Waals surface area contributed by atoms with Gasteiger partial charge in [-0.3, -0.25) is 4.79 Å². The van der Waals surface area contributed by atoms with Crippen molar-refractivity contribution in [1.82, 2.24) is 24.9 Å². The summed E-state index contributed by atoms with van der Waals surface area (Å²) in [5, 5.41) is 6.52. The van der Waals surface area contributed by atoms with Crippen LogP contribution in [0.25, 0.3) is 16.8 Å². The predicted octanol–water partition coefficient (Wildman–Crippen LogP) is 4.60. The van der Waals surface area contributed by atoms with Gasteiger partial charge in [0.25, 0.3) is 0 Å². The van der Waals surface area contributed by atoms with E-state index in [0.717, 1.165) is 35.4 Å². The number of ether oxygens (including phenoxy) is 1. The number of carbonyl (C=O) groups is 2. The lowest BCUT2D eigenvalue weighted by Crippen LogP contribution is -2.57. The normalized spacial score (nSPS) is 22.4. The minimum Gasteiger partial charge on any atom is -0.444 e. The summed E-state index contributed by atoms with van der Waals surface area (Å²) in [5.41, 5.74) is 2.96. The predicted molar refractivity (Wildman–Crippen MR) is 148 cm³/mol. The number of carbonyl (C=O) groups excluding carboxylic acids is 2. The zero-order valence-corrected chi connectivity index (χ0v) is 23.2. The van der Waals surface area contributed by atoms with Gasteiger partial charge in [0.1, 0.15) is 17.3 Å². The van der Waals surface area contributed by atoms with Crippen molar-refractivity contribution in [3.63, 3.8) is 0 Å². The van der Waals surface area contributed by atoms with E-state index in [9.17, 15) is 9.59 Å². The Morgan fingerprint density at radius 3 is 2.50 bits per heavy atom. The number of fused-ring (bicyclic) bond motifs is 2. The smallest absolute Gasteiger partial charge is 0.408 e. The van der Waals surface area contributed by atoms with E-state index in [1.54, 1.807) is 0 Å². The molecule has 0 bridgehead atoms. The number of hydrogen-bond donors (Lipinski definition) is 2. The minimum atomic E-state index is -0.705. The van der Waals surface area contributed by atoms with Gasteiger partial charge < -0.3 is 24.7 Å². The van der Waals surface area contributed by atoms with Gasteiger partial charge in [-0.05, 0) is 50.3 Å². The van der Waals surface area contributed by atoms with Gasteiger partial charge in [0.05, 0.1) is 11.7 Å². The molecule has 1 aromatic carbocycles. The molecule has 1 unspecified atom stereocenters. The highest BCUT2D eigenvalue weighted by atomic mass is 16.6. The summed E-state index contributed by atoms with van der Waals surface area (Å²) in [6.07, 6.45) is 4.42. The lowest BCUT2D eigenvalue weighted by atomic mass is 9.85. The third-order valence-corrected chi connectivity index (χ3v) is 7.49. The zero-order chi connectivity index (χ0) is 27.2. The molecule has 2 N–H and O–H groups in total. The summed E-state index contributed by atoms with van der Waals surface area (Å²) in [6.45, 7) is 12.8. The lowest BCUT2D eigenvalue weighted by Gasteiger charge is -2.37. The largest absolute Gasteiger partial charge is 0.444 e. The van der Waals surface area contributed by atoms with E-state index in [4.69, 9.17) is 9.72 Å².